The highest BCUT2D eigenvalue weighted by Crippen LogP contribution is 2.32. The van der Waals surface area contributed by atoms with E-state index in [0.717, 1.165) is 29.2 Å². The summed E-state index contributed by atoms with van der Waals surface area (Å²) in [6, 6.07) is 12.1. The van der Waals surface area contributed by atoms with Crippen LogP contribution in [0.25, 0.3) is 0 Å². The van der Waals surface area contributed by atoms with E-state index in [0.29, 0.717) is 24.7 Å². The van der Waals surface area contributed by atoms with Crippen molar-refractivity contribution in [2.45, 2.75) is 30.6 Å². The highest BCUT2D eigenvalue weighted by atomic mass is 32.2. The Morgan fingerprint density at radius 3 is 2.72 bits per heavy atom. The molecule has 4 nitrogen and oxygen atoms in total. The number of nitrogens with one attached hydrogen (secondary N) is 1. The van der Waals surface area contributed by atoms with Crippen LogP contribution >= 0.6 is 11.8 Å². The lowest BCUT2D eigenvalue weighted by Gasteiger charge is -2.10. The number of carbonyl (C=O) groups is 1. The van der Waals surface area contributed by atoms with Gasteiger partial charge in [0.25, 0.3) is 0 Å². The molecule has 1 N–H and O–H groups in total. The maximum absolute atomic E-state index is 12.3. The van der Waals surface area contributed by atoms with Crippen LogP contribution < -0.4 is 14.8 Å². The summed E-state index contributed by atoms with van der Waals surface area (Å²) in [6.45, 7) is 1.30. The van der Waals surface area contributed by atoms with Gasteiger partial charge in [-0.25, -0.2) is 0 Å². The molecule has 0 bridgehead atoms. The first-order valence-electron chi connectivity index (χ1n) is 8.72. The predicted octanol–water partition coefficient (Wildman–Crippen LogP) is 4.07. The van der Waals surface area contributed by atoms with E-state index < -0.39 is 0 Å². The van der Waals surface area contributed by atoms with Crippen molar-refractivity contribution in [1.82, 2.24) is 0 Å². The van der Waals surface area contributed by atoms with Gasteiger partial charge in [0.15, 0.2) is 11.5 Å². The fourth-order valence-electron chi connectivity index (χ4n) is 3.22. The number of fused-ring (bicyclic) bond motifs is 2. The fraction of sp³-hybridized carbons (Fsp3) is 0.350. The number of anilines is 1. The van der Waals surface area contributed by atoms with Crippen LogP contribution in [0.5, 0.6) is 11.5 Å². The number of amides is 1. The molecule has 25 heavy (non-hydrogen) atoms. The van der Waals surface area contributed by atoms with Crippen molar-refractivity contribution in [3.63, 3.8) is 0 Å². The quantitative estimate of drug-likeness (QED) is 0.840. The second-order valence-electron chi connectivity index (χ2n) is 6.33. The van der Waals surface area contributed by atoms with E-state index in [-0.39, 0.29) is 5.91 Å². The van der Waals surface area contributed by atoms with Crippen molar-refractivity contribution < 1.29 is 14.3 Å². The molecule has 1 aliphatic carbocycles. The number of hydrogen-bond donors (Lipinski definition) is 1. The summed E-state index contributed by atoms with van der Waals surface area (Å²) in [6.07, 6.45) is 4.46. The first-order chi connectivity index (χ1) is 12.3. The summed E-state index contributed by atoms with van der Waals surface area (Å²) in [5, 5.41) is 2.94. The lowest BCUT2D eigenvalue weighted by atomic mass is 10.1. The topological polar surface area (TPSA) is 47.6 Å². The molecule has 0 saturated carbocycles. The smallest absolute Gasteiger partial charge is 0.234 e. The van der Waals surface area contributed by atoms with Gasteiger partial charge in [0.05, 0.1) is 19.0 Å². The van der Waals surface area contributed by atoms with Crippen LogP contribution in [0.3, 0.4) is 0 Å². The molecular weight excluding hydrogens is 334 g/mol. The molecule has 1 amide bonds. The fourth-order valence-corrected chi connectivity index (χ4v) is 3.98. The van der Waals surface area contributed by atoms with Crippen LogP contribution in [0.4, 0.5) is 5.69 Å². The van der Waals surface area contributed by atoms with Crippen molar-refractivity contribution in [2.24, 2.45) is 0 Å². The van der Waals surface area contributed by atoms with Crippen molar-refractivity contribution in [3.05, 3.63) is 47.5 Å². The molecule has 1 heterocycles. The molecule has 2 aromatic carbocycles. The zero-order valence-electron chi connectivity index (χ0n) is 14.0. The second-order valence-corrected chi connectivity index (χ2v) is 7.38. The lowest BCUT2D eigenvalue weighted by Crippen LogP contribution is -2.14. The highest BCUT2D eigenvalue weighted by molar-refractivity contribution is 8.00. The zero-order chi connectivity index (χ0) is 17.1. The average molecular weight is 355 g/mol. The Hall–Kier alpha value is -2.14. The number of carbonyl (C=O) groups excluding carboxylic acids is 1. The molecule has 0 fully saturated rings. The van der Waals surface area contributed by atoms with Crippen LogP contribution in [0.2, 0.25) is 0 Å². The Bertz CT molecular complexity index is 791. The minimum absolute atomic E-state index is 0.0139. The van der Waals surface area contributed by atoms with Gasteiger partial charge >= 0.3 is 0 Å². The van der Waals surface area contributed by atoms with Crippen LogP contribution in [0, 0.1) is 0 Å². The van der Waals surface area contributed by atoms with Crippen LogP contribution in [0.15, 0.2) is 41.3 Å². The summed E-state index contributed by atoms with van der Waals surface area (Å²) >= 11 is 1.58. The van der Waals surface area contributed by atoms with Crippen LogP contribution in [-0.2, 0) is 17.6 Å². The van der Waals surface area contributed by atoms with E-state index in [9.17, 15) is 4.79 Å². The zero-order valence-corrected chi connectivity index (χ0v) is 14.9. The van der Waals surface area contributed by atoms with E-state index in [4.69, 9.17) is 9.47 Å². The van der Waals surface area contributed by atoms with Gasteiger partial charge in [0.2, 0.25) is 5.91 Å². The molecule has 0 radical (unpaired) electrons. The maximum atomic E-state index is 12.3. The van der Waals surface area contributed by atoms with Crippen LogP contribution in [-0.4, -0.2) is 24.9 Å². The van der Waals surface area contributed by atoms with Gasteiger partial charge in [-0.05, 0) is 54.7 Å². The Balaban J connectivity index is 1.35. The van der Waals surface area contributed by atoms with Gasteiger partial charge in [-0.1, -0.05) is 6.07 Å². The predicted molar refractivity (Wildman–Crippen MR) is 99.9 cm³/mol. The van der Waals surface area contributed by atoms with Gasteiger partial charge in [-0.2, -0.15) is 0 Å². The van der Waals surface area contributed by atoms with Crippen molar-refractivity contribution in [2.75, 3.05) is 24.3 Å². The number of aryl methyl sites for hydroxylation is 2. The standard InChI is InChI=1S/C20H21NO3S/c22-20(13-25-17-7-5-14-3-1-4-15(14)11-17)21-16-6-8-18-19(12-16)24-10-2-9-23-18/h5-8,11-12H,1-4,9-10,13H2,(H,21,22). The van der Waals surface area contributed by atoms with E-state index in [1.807, 2.05) is 18.2 Å². The first kappa shape index (κ1) is 16.3. The molecule has 130 valence electrons. The molecule has 0 spiro atoms. The molecule has 1 aliphatic heterocycles. The van der Waals surface area contributed by atoms with Gasteiger partial charge in [-0.15, -0.1) is 11.8 Å². The minimum Gasteiger partial charge on any atom is -0.490 e. The van der Waals surface area contributed by atoms with Crippen molar-refractivity contribution >= 4 is 23.4 Å². The van der Waals surface area contributed by atoms with Crippen molar-refractivity contribution in [1.29, 1.82) is 0 Å². The maximum Gasteiger partial charge on any atom is 0.234 e. The molecule has 2 aromatic rings. The average Bonchev–Trinajstić information content (AvgIpc) is 2.96. The van der Waals surface area contributed by atoms with E-state index in [1.165, 1.54) is 24.0 Å². The van der Waals surface area contributed by atoms with E-state index in [2.05, 4.69) is 23.5 Å². The Labute approximate surface area is 151 Å². The monoisotopic (exact) mass is 355 g/mol. The number of rotatable bonds is 4. The summed E-state index contributed by atoms with van der Waals surface area (Å²) in [4.78, 5) is 13.4. The van der Waals surface area contributed by atoms with Gasteiger partial charge in [0, 0.05) is 23.1 Å². The molecular formula is C20H21NO3S. The first-order valence-corrected chi connectivity index (χ1v) is 9.70. The third-order valence-corrected chi connectivity index (χ3v) is 5.46. The molecule has 4 rings (SSSR count). The largest absolute Gasteiger partial charge is 0.490 e. The summed E-state index contributed by atoms with van der Waals surface area (Å²) in [5.74, 6) is 1.82. The summed E-state index contributed by atoms with van der Waals surface area (Å²) < 4.78 is 11.3. The molecule has 0 aromatic heterocycles. The Kier molecular flexibility index (Phi) is 4.83. The number of thioether (sulfide) groups is 1. The SMILES string of the molecule is O=C(CSc1ccc2c(c1)CCC2)Nc1ccc2c(c1)OCCCO2. The molecule has 0 unspecified atom stereocenters. The van der Waals surface area contributed by atoms with Gasteiger partial charge in [0.1, 0.15) is 0 Å². The third-order valence-electron chi connectivity index (χ3n) is 4.47. The number of benzene rings is 2. The second kappa shape index (κ2) is 7.40. The summed E-state index contributed by atoms with van der Waals surface area (Å²) in [5.41, 5.74) is 3.64. The molecule has 5 heteroatoms. The Morgan fingerprint density at radius 1 is 0.960 bits per heavy atom. The number of hydrogen-bond acceptors (Lipinski definition) is 4. The molecule has 0 atom stereocenters. The van der Waals surface area contributed by atoms with Gasteiger partial charge in [-0.3, -0.25) is 4.79 Å². The molecule has 0 saturated heterocycles. The third kappa shape index (κ3) is 3.93. The van der Waals surface area contributed by atoms with Gasteiger partial charge < -0.3 is 14.8 Å². The normalized spacial score (nSPS) is 15.4. The highest BCUT2D eigenvalue weighted by Gasteiger charge is 2.13. The minimum atomic E-state index is -0.0139. The summed E-state index contributed by atoms with van der Waals surface area (Å²) in [7, 11) is 0. The molecule has 2 aliphatic rings. The number of ether oxygens (including phenoxy) is 2. The van der Waals surface area contributed by atoms with E-state index in [1.54, 1.807) is 11.8 Å². The lowest BCUT2D eigenvalue weighted by molar-refractivity contribution is -0.113. The van der Waals surface area contributed by atoms with Crippen LogP contribution in [0.1, 0.15) is 24.0 Å². The van der Waals surface area contributed by atoms with Crippen molar-refractivity contribution in [3.8, 4) is 11.5 Å². The van der Waals surface area contributed by atoms with E-state index >= 15 is 0 Å². The Morgan fingerprint density at radius 2 is 1.80 bits per heavy atom.